The molecular formula is C14H19N3O. The second-order valence-electron chi connectivity index (χ2n) is 5.53. The summed E-state index contributed by atoms with van der Waals surface area (Å²) in [6.07, 6.45) is 1.89. The molecule has 2 aromatic rings. The Kier molecular flexibility index (Phi) is 3.03. The summed E-state index contributed by atoms with van der Waals surface area (Å²) in [5.41, 5.74) is 7.35. The van der Waals surface area contributed by atoms with Crippen molar-refractivity contribution in [3.8, 4) is 0 Å². The van der Waals surface area contributed by atoms with E-state index in [4.69, 9.17) is 5.73 Å². The molecule has 0 radical (unpaired) electrons. The fourth-order valence-corrected chi connectivity index (χ4v) is 2.04. The van der Waals surface area contributed by atoms with Gasteiger partial charge in [-0.3, -0.25) is 4.79 Å². The minimum absolute atomic E-state index is 0.0109. The maximum atomic E-state index is 11.9. The van der Waals surface area contributed by atoms with Gasteiger partial charge in [-0.15, -0.1) is 0 Å². The Balaban J connectivity index is 2.25. The number of rotatable bonds is 2. The number of hydrogen-bond donors (Lipinski definition) is 2. The van der Waals surface area contributed by atoms with Crippen molar-refractivity contribution in [2.75, 3.05) is 5.73 Å². The number of para-hydroxylation sites is 1. The van der Waals surface area contributed by atoms with Gasteiger partial charge in [0.25, 0.3) is 0 Å². The summed E-state index contributed by atoms with van der Waals surface area (Å²) in [7, 11) is 0. The van der Waals surface area contributed by atoms with E-state index in [1.807, 2.05) is 55.8 Å². The standard InChI is InChI=1S/C14H19N3O/c1-14(2,3)16-12(18)9-17-8-7-10-5-4-6-11(15)13(10)17/h4-8H,9,15H2,1-3H3,(H,16,18). The van der Waals surface area contributed by atoms with Crippen molar-refractivity contribution in [2.24, 2.45) is 0 Å². The number of carbonyl (C=O) groups excluding carboxylic acids is 1. The smallest absolute Gasteiger partial charge is 0.240 e. The van der Waals surface area contributed by atoms with Gasteiger partial charge >= 0.3 is 0 Å². The molecule has 0 saturated heterocycles. The van der Waals surface area contributed by atoms with E-state index < -0.39 is 0 Å². The number of nitrogen functional groups attached to an aromatic ring is 1. The van der Waals surface area contributed by atoms with Gasteiger partial charge in [-0.05, 0) is 32.9 Å². The quantitative estimate of drug-likeness (QED) is 0.796. The van der Waals surface area contributed by atoms with E-state index in [0.717, 1.165) is 10.9 Å². The predicted octanol–water partition coefficient (Wildman–Crippen LogP) is 2.14. The summed E-state index contributed by atoms with van der Waals surface area (Å²) >= 11 is 0. The minimum atomic E-state index is -0.217. The van der Waals surface area contributed by atoms with Crippen LogP contribution in [0.3, 0.4) is 0 Å². The molecule has 4 heteroatoms. The molecule has 0 atom stereocenters. The Bertz CT molecular complexity index is 578. The number of aromatic nitrogens is 1. The molecule has 1 heterocycles. The molecule has 0 fully saturated rings. The number of amides is 1. The molecule has 0 aliphatic heterocycles. The van der Waals surface area contributed by atoms with Crippen LogP contribution in [0.2, 0.25) is 0 Å². The van der Waals surface area contributed by atoms with Crippen LogP contribution < -0.4 is 11.1 Å². The first-order valence-electron chi connectivity index (χ1n) is 6.01. The van der Waals surface area contributed by atoms with Gasteiger partial charge in [0, 0.05) is 17.1 Å². The molecule has 4 nitrogen and oxygen atoms in total. The van der Waals surface area contributed by atoms with Crippen molar-refractivity contribution in [3.05, 3.63) is 30.5 Å². The molecule has 18 heavy (non-hydrogen) atoms. The lowest BCUT2D eigenvalue weighted by molar-refractivity contribution is -0.123. The number of carbonyl (C=O) groups is 1. The molecule has 1 aromatic heterocycles. The van der Waals surface area contributed by atoms with Gasteiger partial charge in [0.2, 0.25) is 5.91 Å². The largest absolute Gasteiger partial charge is 0.397 e. The molecular weight excluding hydrogens is 226 g/mol. The van der Waals surface area contributed by atoms with E-state index in [2.05, 4.69) is 5.32 Å². The first kappa shape index (κ1) is 12.5. The molecule has 2 rings (SSSR count). The fourth-order valence-electron chi connectivity index (χ4n) is 2.04. The Morgan fingerprint density at radius 2 is 2.06 bits per heavy atom. The number of fused-ring (bicyclic) bond motifs is 1. The lowest BCUT2D eigenvalue weighted by Crippen LogP contribution is -2.42. The maximum absolute atomic E-state index is 11.9. The molecule has 0 saturated carbocycles. The number of nitrogens with zero attached hydrogens (tertiary/aromatic N) is 1. The minimum Gasteiger partial charge on any atom is -0.397 e. The van der Waals surface area contributed by atoms with Gasteiger partial charge < -0.3 is 15.6 Å². The summed E-state index contributed by atoms with van der Waals surface area (Å²) in [5.74, 6) is -0.0109. The SMILES string of the molecule is CC(C)(C)NC(=O)Cn1ccc2cccc(N)c21. The highest BCUT2D eigenvalue weighted by Crippen LogP contribution is 2.21. The summed E-state index contributed by atoms with van der Waals surface area (Å²) in [6, 6.07) is 7.72. The molecule has 96 valence electrons. The monoisotopic (exact) mass is 245 g/mol. The molecule has 0 aliphatic rings. The predicted molar refractivity (Wildman–Crippen MR) is 74.2 cm³/mol. The van der Waals surface area contributed by atoms with E-state index in [-0.39, 0.29) is 18.0 Å². The zero-order valence-corrected chi connectivity index (χ0v) is 11.0. The Hall–Kier alpha value is -1.97. The van der Waals surface area contributed by atoms with Crippen LogP contribution in [0.25, 0.3) is 10.9 Å². The lowest BCUT2D eigenvalue weighted by Gasteiger charge is -2.20. The average molecular weight is 245 g/mol. The normalized spacial score (nSPS) is 11.7. The highest BCUT2D eigenvalue weighted by atomic mass is 16.2. The van der Waals surface area contributed by atoms with Crippen LogP contribution in [-0.4, -0.2) is 16.0 Å². The second-order valence-corrected chi connectivity index (χ2v) is 5.53. The van der Waals surface area contributed by atoms with E-state index >= 15 is 0 Å². The van der Waals surface area contributed by atoms with Gasteiger partial charge in [-0.25, -0.2) is 0 Å². The fraction of sp³-hybridized carbons (Fsp3) is 0.357. The van der Waals surface area contributed by atoms with Crippen molar-refractivity contribution in [3.63, 3.8) is 0 Å². The van der Waals surface area contributed by atoms with E-state index in [1.54, 1.807) is 0 Å². The molecule has 0 aliphatic carbocycles. The highest BCUT2D eigenvalue weighted by molar-refractivity contribution is 5.91. The average Bonchev–Trinajstić information content (AvgIpc) is 2.59. The first-order valence-corrected chi connectivity index (χ1v) is 6.01. The van der Waals surface area contributed by atoms with Gasteiger partial charge in [0.05, 0.1) is 11.2 Å². The Morgan fingerprint density at radius 3 is 2.72 bits per heavy atom. The van der Waals surface area contributed by atoms with E-state index in [0.29, 0.717) is 5.69 Å². The van der Waals surface area contributed by atoms with Crippen molar-refractivity contribution in [1.29, 1.82) is 0 Å². The second kappa shape index (κ2) is 4.37. The van der Waals surface area contributed by atoms with Gasteiger partial charge in [-0.2, -0.15) is 0 Å². The van der Waals surface area contributed by atoms with Crippen molar-refractivity contribution < 1.29 is 4.79 Å². The van der Waals surface area contributed by atoms with Crippen molar-refractivity contribution in [2.45, 2.75) is 32.9 Å². The third-order valence-corrected chi connectivity index (χ3v) is 2.65. The zero-order valence-electron chi connectivity index (χ0n) is 11.0. The van der Waals surface area contributed by atoms with Crippen molar-refractivity contribution in [1.82, 2.24) is 9.88 Å². The van der Waals surface area contributed by atoms with Gasteiger partial charge in [0.1, 0.15) is 6.54 Å². The molecule has 0 unspecified atom stereocenters. The summed E-state index contributed by atoms with van der Waals surface area (Å²) in [6.45, 7) is 6.18. The number of nitrogens with one attached hydrogen (secondary N) is 1. The third-order valence-electron chi connectivity index (χ3n) is 2.65. The topological polar surface area (TPSA) is 60.0 Å². The summed E-state index contributed by atoms with van der Waals surface area (Å²) in [4.78, 5) is 11.9. The zero-order chi connectivity index (χ0) is 13.3. The number of anilines is 1. The molecule has 0 spiro atoms. The van der Waals surface area contributed by atoms with E-state index in [9.17, 15) is 4.79 Å². The van der Waals surface area contributed by atoms with E-state index in [1.165, 1.54) is 0 Å². The van der Waals surface area contributed by atoms with Crippen LogP contribution in [0.15, 0.2) is 30.5 Å². The van der Waals surface area contributed by atoms with Crippen LogP contribution in [0.1, 0.15) is 20.8 Å². The highest BCUT2D eigenvalue weighted by Gasteiger charge is 2.15. The molecule has 1 amide bonds. The molecule has 0 bridgehead atoms. The molecule has 3 N–H and O–H groups in total. The summed E-state index contributed by atoms with van der Waals surface area (Å²) < 4.78 is 1.88. The first-order chi connectivity index (χ1) is 8.37. The van der Waals surface area contributed by atoms with Crippen LogP contribution in [-0.2, 0) is 11.3 Å². The van der Waals surface area contributed by atoms with Crippen LogP contribution in [0.4, 0.5) is 5.69 Å². The number of benzene rings is 1. The van der Waals surface area contributed by atoms with Crippen molar-refractivity contribution >= 4 is 22.5 Å². The number of hydrogen-bond acceptors (Lipinski definition) is 2. The van der Waals surface area contributed by atoms with Crippen LogP contribution in [0, 0.1) is 0 Å². The van der Waals surface area contributed by atoms with Crippen LogP contribution >= 0.6 is 0 Å². The third kappa shape index (κ3) is 2.64. The van der Waals surface area contributed by atoms with Gasteiger partial charge in [0.15, 0.2) is 0 Å². The van der Waals surface area contributed by atoms with Gasteiger partial charge in [-0.1, -0.05) is 12.1 Å². The maximum Gasteiger partial charge on any atom is 0.240 e. The Labute approximate surface area is 107 Å². The Morgan fingerprint density at radius 1 is 1.33 bits per heavy atom. The summed E-state index contributed by atoms with van der Waals surface area (Å²) in [5, 5.41) is 4.00. The lowest BCUT2D eigenvalue weighted by atomic mass is 10.1. The molecule has 1 aromatic carbocycles. The number of nitrogens with two attached hydrogens (primary N) is 1. The van der Waals surface area contributed by atoms with Crippen LogP contribution in [0.5, 0.6) is 0 Å².